The third-order valence-electron chi connectivity index (χ3n) is 3.95. The third kappa shape index (κ3) is 12.4. The van der Waals surface area contributed by atoms with Gasteiger partial charge < -0.3 is 24.6 Å². The molecule has 4 atom stereocenters. The zero-order valence-electron chi connectivity index (χ0n) is 15.5. The Bertz CT molecular complexity index is 310. The number of thiocarbonyl (C=S) groups is 1. The van der Waals surface area contributed by atoms with Crippen LogP contribution in [0, 0.1) is 11.8 Å². The molecule has 0 aliphatic carbocycles. The summed E-state index contributed by atoms with van der Waals surface area (Å²) in [5, 5.41) is 20.1. The van der Waals surface area contributed by atoms with Crippen molar-refractivity contribution in [3.05, 3.63) is 0 Å². The Morgan fingerprint density at radius 3 is 1.58 bits per heavy atom. The van der Waals surface area contributed by atoms with Gasteiger partial charge in [-0.05, 0) is 11.8 Å². The molecule has 144 valence electrons. The fourth-order valence-corrected chi connectivity index (χ4v) is 2.20. The van der Waals surface area contributed by atoms with Gasteiger partial charge in [0.15, 0.2) is 0 Å². The molecule has 0 radical (unpaired) electrons. The van der Waals surface area contributed by atoms with Crippen LogP contribution in [0.25, 0.3) is 0 Å². The van der Waals surface area contributed by atoms with E-state index in [2.05, 4.69) is 40.3 Å². The molecule has 0 aliphatic rings. The molecule has 0 bridgehead atoms. The molecule has 0 amide bonds. The van der Waals surface area contributed by atoms with Gasteiger partial charge in [-0.3, -0.25) is 0 Å². The Kier molecular flexibility index (Phi) is 14.3. The normalized spacial score (nSPS) is 16.5. The lowest BCUT2D eigenvalue weighted by Gasteiger charge is -2.28. The molecule has 0 aromatic rings. The van der Waals surface area contributed by atoms with Crippen molar-refractivity contribution in [2.24, 2.45) is 11.8 Å². The van der Waals surface area contributed by atoms with Crippen molar-refractivity contribution in [2.45, 2.75) is 52.7 Å². The average Bonchev–Trinajstić information content (AvgIpc) is 2.53. The summed E-state index contributed by atoms with van der Waals surface area (Å²) in [4.78, 5) is 1.67. The predicted octanol–water partition coefficient (Wildman–Crippen LogP) is 2.35. The fraction of sp³-hybridized carbons (Fsp3) is 0.941. The van der Waals surface area contributed by atoms with Crippen LogP contribution in [0.3, 0.4) is 0 Å². The quantitative estimate of drug-likeness (QED) is 0.317. The third-order valence-corrected chi connectivity index (χ3v) is 4.49. The molecular weight excluding hydrogens is 346 g/mol. The molecule has 4 unspecified atom stereocenters. The van der Waals surface area contributed by atoms with E-state index in [1.807, 2.05) is 0 Å². The highest BCUT2D eigenvalue weighted by atomic mass is 32.1. The summed E-state index contributed by atoms with van der Waals surface area (Å²) in [6.07, 6.45) is 0.747. The van der Waals surface area contributed by atoms with Gasteiger partial charge in [0.2, 0.25) is 0 Å². The number of nitrogens with zero attached hydrogens (tertiary/aromatic N) is 1. The summed E-state index contributed by atoms with van der Waals surface area (Å²) in [5.74, 6) is 0.951. The van der Waals surface area contributed by atoms with Crippen LogP contribution in [0.1, 0.15) is 40.5 Å². The summed E-state index contributed by atoms with van der Waals surface area (Å²) in [7, 11) is 0. The number of hydrogen-bond acceptors (Lipinski definition) is 5. The van der Waals surface area contributed by atoms with Crippen LogP contribution in [0.4, 0.5) is 0 Å². The van der Waals surface area contributed by atoms with E-state index in [1.54, 1.807) is 4.90 Å². The number of aliphatic hydroxyl groups is 2. The summed E-state index contributed by atoms with van der Waals surface area (Å²) in [6, 6.07) is 0. The highest BCUT2D eigenvalue weighted by Crippen LogP contribution is 2.06. The highest BCUT2D eigenvalue weighted by molar-refractivity contribution is 8.10. The number of thiol groups is 1. The molecule has 0 spiro atoms. The number of aliphatic hydroxyl groups excluding tert-OH is 2. The van der Waals surface area contributed by atoms with Crippen molar-refractivity contribution in [3.8, 4) is 0 Å². The summed E-state index contributed by atoms with van der Waals surface area (Å²) < 4.78 is 11.4. The minimum Gasteiger partial charge on any atom is -0.389 e. The van der Waals surface area contributed by atoms with Crippen LogP contribution in [0.5, 0.6) is 0 Å². The average molecular weight is 382 g/mol. The Morgan fingerprint density at radius 1 is 0.917 bits per heavy atom. The van der Waals surface area contributed by atoms with Gasteiger partial charge in [0.25, 0.3) is 0 Å². The Morgan fingerprint density at radius 2 is 1.29 bits per heavy atom. The van der Waals surface area contributed by atoms with Gasteiger partial charge in [0.1, 0.15) is 4.32 Å². The van der Waals surface area contributed by atoms with Crippen molar-refractivity contribution in [1.29, 1.82) is 0 Å². The molecule has 0 aromatic heterocycles. The monoisotopic (exact) mass is 381 g/mol. The standard InChI is InChI=1S/C17H35NO4S2/c1-5-13(3)9-21-11-15(19)7-18(17(23)24)8-16(20)12-22-10-14(4)6-2/h13-16,19-20H,5-12H2,1-4H3,(H,23,24). The van der Waals surface area contributed by atoms with Crippen LogP contribution < -0.4 is 0 Å². The lowest BCUT2D eigenvalue weighted by Crippen LogP contribution is -2.42. The second-order valence-electron chi connectivity index (χ2n) is 6.60. The van der Waals surface area contributed by atoms with Crippen molar-refractivity contribution in [2.75, 3.05) is 39.5 Å². The second-order valence-corrected chi connectivity index (χ2v) is 7.71. The SMILES string of the molecule is CCC(C)COCC(O)CN(CC(O)COCC(C)CC)C(=S)S. The maximum Gasteiger partial charge on any atom is 0.133 e. The summed E-state index contributed by atoms with van der Waals surface area (Å²) in [5.41, 5.74) is 0. The minimum atomic E-state index is -0.674. The van der Waals surface area contributed by atoms with E-state index in [9.17, 15) is 10.2 Å². The Hall–Kier alpha value is 0.0800. The first-order valence-electron chi connectivity index (χ1n) is 8.79. The number of ether oxygens (including phenoxy) is 2. The van der Waals surface area contributed by atoms with E-state index < -0.39 is 12.2 Å². The van der Waals surface area contributed by atoms with Crippen LogP contribution in [0.2, 0.25) is 0 Å². The largest absolute Gasteiger partial charge is 0.389 e. The van der Waals surface area contributed by atoms with Crippen molar-refractivity contribution < 1.29 is 19.7 Å². The lowest BCUT2D eigenvalue weighted by molar-refractivity contribution is -0.00396. The smallest absolute Gasteiger partial charge is 0.133 e. The Balaban J connectivity index is 4.12. The molecule has 0 heterocycles. The van der Waals surface area contributed by atoms with Crippen LogP contribution in [-0.4, -0.2) is 71.2 Å². The van der Waals surface area contributed by atoms with Gasteiger partial charge in [-0.15, -0.1) is 12.6 Å². The number of hydrogen-bond donors (Lipinski definition) is 3. The predicted molar refractivity (Wildman–Crippen MR) is 106 cm³/mol. The molecule has 24 heavy (non-hydrogen) atoms. The van der Waals surface area contributed by atoms with Crippen LogP contribution in [0.15, 0.2) is 0 Å². The lowest BCUT2D eigenvalue weighted by atomic mass is 10.1. The van der Waals surface area contributed by atoms with E-state index in [-0.39, 0.29) is 26.3 Å². The molecular formula is C17H35NO4S2. The van der Waals surface area contributed by atoms with Gasteiger partial charge in [-0.25, -0.2) is 0 Å². The first-order chi connectivity index (χ1) is 11.3. The van der Waals surface area contributed by atoms with Crippen molar-refractivity contribution in [1.82, 2.24) is 4.90 Å². The molecule has 0 rings (SSSR count). The molecule has 0 aromatic carbocycles. The molecule has 0 saturated heterocycles. The van der Waals surface area contributed by atoms with Crippen molar-refractivity contribution >= 4 is 29.2 Å². The second kappa shape index (κ2) is 14.3. The zero-order valence-corrected chi connectivity index (χ0v) is 17.2. The van der Waals surface area contributed by atoms with Gasteiger partial charge in [-0.1, -0.05) is 52.8 Å². The van der Waals surface area contributed by atoms with E-state index in [0.29, 0.717) is 29.4 Å². The molecule has 2 N–H and O–H groups in total. The maximum absolute atomic E-state index is 10.1. The van der Waals surface area contributed by atoms with E-state index in [0.717, 1.165) is 12.8 Å². The first-order valence-corrected chi connectivity index (χ1v) is 9.65. The minimum absolute atomic E-state index is 0.248. The van der Waals surface area contributed by atoms with E-state index >= 15 is 0 Å². The molecule has 0 saturated carbocycles. The zero-order chi connectivity index (χ0) is 18.5. The van der Waals surface area contributed by atoms with Gasteiger partial charge >= 0.3 is 0 Å². The van der Waals surface area contributed by atoms with E-state index in [4.69, 9.17) is 21.7 Å². The Labute approximate surface area is 158 Å². The molecule has 7 heteroatoms. The van der Waals surface area contributed by atoms with Crippen molar-refractivity contribution in [3.63, 3.8) is 0 Å². The van der Waals surface area contributed by atoms with Gasteiger partial charge in [-0.2, -0.15) is 0 Å². The van der Waals surface area contributed by atoms with E-state index in [1.165, 1.54) is 0 Å². The molecule has 5 nitrogen and oxygen atoms in total. The van der Waals surface area contributed by atoms with Gasteiger partial charge in [0, 0.05) is 26.3 Å². The maximum atomic E-state index is 10.1. The first kappa shape index (κ1) is 24.1. The van der Waals surface area contributed by atoms with Crippen LogP contribution >= 0.6 is 24.8 Å². The molecule has 0 aliphatic heterocycles. The fourth-order valence-electron chi connectivity index (χ4n) is 1.89. The molecule has 0 fully saturated rings. The highest BCUT2D eigenvalue weighted by Gasteiger charge is 2.17. The summed E-state index contributed by atoms with van der Waals surface area (Å²) >= 11 is 9.26. The topological polar surface area (TPSA) is 62.2 Å². The number of rotatable bonds is 14. The van der Waals surface area contributed by atoms with Crippen LogP contribution in [-0.2, 0) is 9.47 Å². The summed E-state index contributed by atoms with van der Waals surface area (Å²) in [6.45, 7) is 10.8. The van der Waals surface area contributed by atoms with Gasteiger partial charge in [0.05, 0.1) is 25.4 Å².